The van der Waals surface area contributed by atoms with E-state index in [2.05, 4.69) is 4.74 Å². The molecule has 2 rings (SSSR count). The topological polar surface area (TPSA) is 78.7 Å². The van der Waals surface area contributed by atoms with Gasteiger partial charge in [0, 0.05) is 11.1 Å². The summed E-state index contributed by atoms with van der Waals surface area (Å²) in [6, 6.07) is 10.5. The minimum Gasteiger partial charge on any atom is -0.489 e. The van der Waals surface area contributed by atoms with Gasteiger partial charge in [-0.25, -0.2) is 4.79 Å². The number of halogens is 1. The zero-order valence-electron chi connectivity index (χ0n) is 11.6. The highest BCUT2D eigenvalue weighted by Gasteiger charge is 2.14. The van der Waals surface area contributed by atoms with Crippen molar-refractivity contribution >= 4 is 23.3 Å². The first-order chi connectivity index (χ1) is 10.5. The monoisotopic (exact) mass is 321 g/mol. The lowest BCUT2D eigenvalue weighted by Crippen LogP contribution is -2.02. The second-order valence-corrected chi connectivity index (χ2v) is 4.77. The van der Waals surface area contributed by atoms with Crippen LogP contribution in [0.5, 0.6) is 5.75 Å². The summed E-state index contributed by atoms with van der Waals surface area (Å²) in [5.74, 6) is 0.0268. The molecule has 6 nitrogen and oxygen atoms in total. The van der Waals surface area contributed by atoms with E-state index in [-0.39, 0.29) is 12.3 Å². The van der Waals surface area contributed by atoms with Crippen LogP contribution in [0.25, 0.3) is 0 Å². The van der Waals surface area contributed by atoms with E-state index in [1.54, 1.807) is 24.3 Å². The smallest absolute Gasteiger partial charge is 0.337 e. The van der Waals surface area contributed by atoms with E-state index in [1.165, 1.54) is 25.3 Å². The van der Waals surface area contributed by atoms with Gasteiger partial charge in [-0.05, 0) is 36.4 Å². The number of hydrogen-bond acceptors (Lipinski definition) is 5. The maximum absolute atomic E-state index is 11.3. The highest BCUT2D eigenvalue weighted by molar-refractivity contribution is 6.30. The van der Waals surface area contributed by atoms with Crippen molar-refractivity contribution in [2.75, 3.05) is 7.11 Å². The Labute approximate surface area is 131 Å². The number of ether oxygens (including phenoxy) is 2. The molecule has 0 saturated heterocycles. The predicted molar refractivity (Wildman–Crippen MR) is 80.2 cm³/mol. The molecule has 0 unspecified atom stereocenters. The van der Waals surface area contributed by atoms with Gasteiger partial charge in [0.1, 0.15) is 12.4 Å². The van der Waals surface area contributed by atoms with E-state index < -0.39 is 10.9 Å². The van der Waals surface area contributed by atoms with Gasteiger partial charge in [-0.3, -0.25) is 10.1 Å². The Bertz CT molecular complexity index is 700. The van der Waals surface area contributed by atoms with Gasteiger partial charge in [-0.1, -0.05) is 11.6 Å². The molecule has 0 radical (unpaired) electrons. The van der Waals surface area contributed by atoms with E-state index >= 15 is 0 Å². The lowest BCUT2D eigenvalue weighted by Gasteiger charge is -2.08. The number of benzene rings is 2. The van der Waals surface area contributed by atoms with Crippen LogP contribution in [0, 0.1) is 10.1 Å². The summed E-state index contributed by atoms with van der Waals surface area (Å²) in [6.45, 7) is -0.00551. The first kappa shape index (κ1) is 15.8. The number of carbonyl (C=O) groups is 1. The van der Waals surface area contributed by atoms with E-state index in [1.807, 2.05) is 0 Å². The summed E-state index contributed by atoms with van der Waals surface area (Å²) in [4.78, 5) is 21.8. The molecule has 2 aromatic rings. The number of carbonyl (C=O) groups excluding carboxylic acids is 1. The Balaban J connectivity index is 2.11. The molecule has 0 aliphatic rings. The lowest BCUT2D eigenvalue weighted by molar-refractivity contribution is -0.385. The van der Waals surface area contributed by atoms with Crippen molar-refractivity contribution in [1.29, 1.82) is 0 Å². The number of nitrogens with zero attached hydrogens (tertiary/aromatic N) is 1. The standard InChI is InChI=1S/C15H12ClNO5/c1-21-15(18)10-2-5-13(6-3-10)22-9-11-8-12(16)4-7-14(11)17(19)20/h2-8H,9H2,1H3. The van der Waals surface area contributed by atoms with Crippen LogP contribution in [0.4, 0.5) is 5.69 Å². The Kier molecular flexibility index (Phi) is 4.95. The third-order valence-corrected chi connectivity index (χ3v) is 3.14. The van der Waals surface area contributed by atoms with Crippen LogP contribution < -0.4 is 4.74 Å². The number of nitro groups is 1. The van der Waals surface area contributed by atoms with E-state index in [0.717, 1.165) is 0 Å². The quantitative estimate of drug-likeness (QED) is 0.477. The molecule has 0 spiro atoms. The van der Waals surface area contributed by atoms with Crippen LogP contribution in [-0.4, -0.2) is 18.0 Å². The summed E-state index contributed by atoms with van der Waals surface area (Å²) < 4.78 is 10.1. The van der Waals surface area contributed by atoms with Crippen LogP contribution in [-0.2, 0) is 11.3 Å². The van der Waals surface area contributed by atoms with E-state index in [0.29, 0.717) is 21.9 Å². The predicted octanol–water partition coefficient (Wildman–Crippen LogP) is 3.61. The lowest BCUT2D eigenvalue weighted by atomic mass is 10.2. The SMILES string of the molecule is COC(=O)c1ccc(OCc2cc(Cl)ccc2[N+](=O)[O-])cc1. The fraction of sp³-hybridized carbons (Fsp3) is 0.133. The summed E-state index contributed by atoms with van der Waals surface area (Å²) in [5, 5.41) is 11.3. The van der Waals surface area contributed by atoms with Crippen molar-refractivity contribution in [3.05, 3.63) is 68.7 Å². The third-order valence-electron chi connectivity index (χ3n) is 2.91. The molecule has 7 heteroatoms. The van der Waals surface area contributed by atoms with Crippen molar-refractivity contribution in [2.24, 2.45) is 0 Å². The molecule has 0 aliphatic carbocycles. The normalized spacial score (nSPS) is 10.1. The molecule has 0 aliphatic heterocycles. The molecule has 0 aromatic heterocycles. The molecule has 22 heavy (non-hydrogen) atoms. The van der Waals surface area contributed by atoms with Crippen molar-refractivity contribution in [1.82, 2.24) is 0 Å². The van der Waals surface area contributed by atoms with Crippen molar-refractivity contribution < 1.29 is 19.2 Å². The van der Waals surface area contributed by atoms with E-state index in [9.17, 15) is 14.9 Å². The Hall–Kier alpha value is -2.60. The Morgan fingerprint density at radius 3 is 2.50 bits per heavy atom. The second kappa shape index (κ2) is 6.91. The highest BCUT2D eigenvalue weighted by Crippen LogP contribution is 2.24. The molecule has 0 heterocycles. The minimum atomic E-state index is -0.491. The number of methoxy groups -OCH3 is 1. The number of rotatable bonds is 5. The summed E-state index contributed by atoms with van der Waals surface area (Å²) in [5.41, 5.74) is 0.703. The molecule has 114 valence electrons. The first-order valence-electron chi connectivity index (χ1n) is 6.25. The summed E-state index contributed by atoms with van der Waals surface area (Å²) >= 11 is 5.85. The molecule has 0 N–H and O–H groups in total. The van der Waals surface area contributed by atoms with Crippen molar-refractivity contribution in [2.45, 2.75) is 6.61 Å². The van der Waals surface area contributed by atoms with Gasteiger partial charge >= 0.3 is 5.97 Å². The fourth-order valence-corrected chi connectivity index (χ4v) is 2.01. The number of nitro benzene ring substituents is 1. The van der Waals surface area contributed by atoms with Crippen molar-refractivity contribution in [3.8, 4) is 5.75 Å². The van der Waals surface area contributed by atoms with Gasteiger partial charge in [-0.2, -0.15) is 0 Å². The molecule has 0 atom stereocenters. The molecular formula is C15H12ClNO5. The fourth-order valence-electron chi connectivity index (χ4n) is 1.81. The summed E-state index contributed by atoms with van der Waals surface area (Å²) in [6.07, 6.45) is 0. The zero-order valence-corrected chi connectivity index (χ0v) is 12.4. The largest absolute Gasteiger partial charge is 0.489 e. The average Bonchev–Trinajstić information content (AvgIpc) is 2.52. The van der Waals surface area contributed by atoms with Gasteiger partial charge in [-0.15, -0.1) is 0 Å². The van der Waals surface area contributed by atoms with Gasteiger partial charge < -0.3 is 9.47 Å². The van der Waals surface area contributed by atoms with Gasteiger partial charge in [0.05, 0.1) is 23.2 Å². The van der Waals surface area contributed by atoms with Crippen LogP contribution in [0.2, 0.25) is 5.02 Å². The molecule has 2 aromatic carbocycles. The molecule has 0 fully saturated rings. The zero-order chi connectivity index (χ0) is 16.1. The Morgan fingerprint density at radius 1 is 1.23 bits per heavy atom. The third kappa shape index (κ3) is 3.73. The maximum Gasteiger partial charge on any atom is 0.337 e. The van der Waals surface area contributed by atoms with Crippen LogP contribution in [0.15, 0.2) is 42.5 Å². The summed E-state index contributed by atoms with van der Waals surface area (Å²) in [7, 11) is 1.30. The maximum atomic E-state index is 11.3. The second-order valence-electron chi connectivity index (χ2n) is 4.33. The van der Waals surface area contributed by atoms with Crippen LogP contribution in [0.1, 0.15) is 15.9 Å². The molecular weight excluding hydrogens is 310 g/mol. The van der Waals surface area contributed by atoms with Gasteiger partial charge in [0.15, 0.2) is 0 Å². The number of hydrogen-bond donors (Lipinski definition) is 0. The average molecular weight is 322 g/mol. The van der Waals surface area contributed by atoms with Gasteiger partial charge in [0.2, 0.25) is 0 Å². The van der Waals surface area contributed by atoms with Crippen LogP contribution >= 0.6 is 11.6 Å². The van der Waals surface area contributed by atoms with Crippen LogP contribution in [0.3, 0.4) is 0 Å². The Morgan fingerprint density at radius 2 is 1.91 bits per heavy atom. The van der Waals surface area contributed by atoms with Gasteiger partial charge in [0.25, 0.3) is 5.69 Å². The first-order valence-corrected chi connectivity index (χ1v) is 6.63. The highest BCUT2D eigenvalue weighted by atomic mass is 35.5. The molecule has 0 bridgehead atoms. The molecule has 0 amide bonds. The van der Waals surface area contributed by atoms with Crippen molar-refractivity contribution in [3.63, 3.8) is 0 Å². The minimum absolute atomic E-state index is 0.00551. The molecule has 0 saturated carbocycles. The number of esters is 1. The van der Waals surface area contributed by atoms with E-state index in [4.69, 9.17) is 16.3 Å².